The van der Waals surface area contributed by atoms with Crippen molar-refractivity contribution in [2.24, 2.45) is 5.73 Å². The monoisotopic (exact) mass is 199 g/mol. The smallest absolute Gasteiger partial charge is 0.257 e. The van der Waals surface area contributed by atoms with Gasteiger partial charge in [-0.25, -0.2) is 8.78 Å². The van der Waals surface area contributed by atoms with E-state index in [9.17, 15) is 8.78 Å². The van der Waals surface area contributed by atoms with Gasteiger partial charge in [0.05, 0.1) is 6.04 Å². The first-order chi connectivity index (χ1) is 6.43. The van der Waals surface area contributed by atoms with Crippen LogP contribution in [0.4, 0.5) is 8.78 Å². The Morgan fingerprint density at radius 1 is 1.07 bits per heavy atom. The maximum Gasteiger partial charge on any atom is 0.257 e. The summed E-state index contributed by atoms with van der Waals surface area (Å²) in [6, 6.07) is 2.59. The molecule has 0 radical (unpaired) electrons. The number of halogens is 2. The summed E-state index contributed by atoms with van der Waals surface area (Å²) in [4.78, 5) is 0. The van der Waals surface area contributed by atoms with E-state index in [1.54, 1.807) is 0 Å². The predicted molar refractivity (Wildman–Crippen MR) is 53.6 cm³/mol. The van der Waals surface area contributed by atoms with E-state index in [4.69, 9.17) is 5.73 Å². The summed E-state index contributed by atoms with van der Waals surface area (Å²) in [5.41, 5.74) is 8.77. The zero-order valence-electron chi connectivity index (χ0n) is 8.64. The number of benzene rings is 1. The van der Waals surface area contributed by atoms with Gasteiger partial charge < -0.3 is 5.73 Å². The number of rotatable bonds is 2. The molecule has 0 aliphatic heterocycles. The molecule has 0 saturated heterocycles. The summed E-state index contributed by atoms with van der Waals surface area (Å²) in [7, 11) is 0. The molecule has 78 valence electrons. The van der Waals surface area contributed by atoms with Crippen molar-refractivity contribution < 1.29 is 8.78 Å². The number of hydrogen-bond donors (Lipinski definition) is 1. The minimum Gasteiger partial charge on any atom is -0.319 e. The van der Waals surface area contributed by atoms with Crippen LogP contribution in [0.3, 0.4) is 0 Å². The summed E-state index contributed by atoms with van der Waals surface area (Å²) in [6.07, 6.45) is -2.50. The minimum atomic E-state index is -2.50. The average molecular weight is 199 g/mol. The van der Waals surface area contributed by atoms with Gasteiger partial charge in [0.25, 0.3) is 6.43 Å². The molecule has 2 N–H and O–H groups in total. The van der Waals surface area contributed by atoms with Crippen LogP contribution in [0.25, 0.3) is 0 Å². The Bertz CT molecular complexity index is 311. The molecule has 0 spiro atoms. The second kappa shape index (κ2) is 4.05. The van der Waals surface area contributed by atoms with Crippen molar-refractivity contribution in [2.45, 2.75) is 33.2 Å². The van der Waals surface area contributed by atoms with Crippen molar-refractivity contribution in [1.82, 2.24) is 0 Å². The molecule has 1 aromatic carbocycles. The van der Waals surface area contributed by atoms with Gasteiger partial charge in [-0.1, -0.05) is 17.7 Å². The van der Waals surface area contributed by atoms with E-state index in [0.717, 1.165) is 16.7 Å². The molecule has 0 heterocycles. The Hall–Kier alpha value is -0.960. The minimum absolute atomic E-state index is 0.575. The molecular weight excluding hydrogens is 184 g/mol. The standard InChI is InChI=1S/C11H15F2N/c1-6-4-7(2)9(8(3)5-6)10(14)11(12)13/h4-5,10-11H,14H2,1-3H3/t10-/m1/s1. The van der Waals surface area contributed by atoms with Crippen LogP contribution in [0.1, 0.15) is 28.3 Å². The lowest BCUT2D eigenvalue weighted by atomic mass is 9.95. The third-order valence-corrected chi connectivity index (χ3v) is 2.34. The Morgan fingerprint density at radius 3 is 1.86 bits per heavy atom. The van der Waals surface area contributed by atoms with E-state index < -0.39 is 12.5 Å². The van der Waals surface area contributed by atoms with Crippen LogP contribution < -0.4 is 5.73 Å². The number of aryl methyl sites for hydroxylation is 3. The molecule has 0 saturated carbocycles. The third kappa shape index (κ3) is 2.10. The zero-order chi connectivity index (χ0) is 10.9. The molecule has 3 heteroatoms. The fraction of sp³-hybridized carbons (Fsp3) is 0.455. The summed E-state index contributed by atoms with van der Waals surface area (Å²) < 4.78 is 24.9. The highest BCUT2D eigenvalue weighted by Crippen LogP contribution is 2.25. The molecule has 1 rings (SSSR count). The second-order valence-corrected chi connectivity index (χ2v) is 3.67. The summed E-state index contributed by atoms with van der Waals surface area (Å²) in [5, 5.41) is 0. The zero-order valence-corrected chi connectivity index (χ0v) is 8.64. The average Bonchev–Trinajstić information content (AvgIpc) is 2.01. The Kier molecular flexibility index (Phi) is 3.21. The van der Waals surface area contributed by atoms with Gasteiger partial charge in [-0.3, -0.25) is 0 Å². The van der Waals surface area contributed by atoms with Gasteiger partial charge in [0.2, 0.25) is 0 Å². The lowest BCUT2D eigenvalue weighted by Crippen LogP contribution is -2.21. The van der Waals surface area contributed by atoms with Crippen molar-refractivity contribution in [1.29, 1.82) is 0 Å². The molecule has 0 fully saturated rings. The van der Waals surface area contributed by atoms with Gasteiger partial charge in [0, 0.05) is 0 Å². The molecule has 0 aliphatic carbocycles. The molecule has 0 unspecified atom stereocenters. The second-order valence-electron chi connectivity index (χ2n) is 3.67. The highest BCUT2D eigenvalue weighted by Gasteiger charge is 2.21. The van der Waals surface area contributed by atoms with Gasteiger partial charge in [0.15, 0.2) is 0 Å². The fourth-order valence-corrected chi connectivity index (χ4v) is 1.84. The van der Waals surface area contributed by atoms with Gasteiger partial charge in [-0.05, 0) is 37.5 Å². The summed E-state index contributed by atoms with van der Waals surface area (Å²) in [6.45, 7) is 5.58. The molecule has 0 aromatic heterocycles. The van der Waals surface area contributed by atoms with Gasteiger partial charge >= 0.3 is 0 Å². The first-order valence-corrected chi connectivity index (χ1v) is 4.55. The van der Waals surface area contributed by atoms with E-state index >= 15 is 0 Å². The Labute approximate surface area is 82.9 Å². The topological polar surface area (TPSA) is 26.0 Å². The van der Waals surface area contributed by atoms with Crippen molar-refractivity contribution in [2.75, 3.05) is 0 Å². The van der Waals surface area contributed by atoms with Crippen LogP contribution in [-0.4, -0.2) is 6.43 Å². The van der Waals surface area contributed by atoms with E-state index in [0.29, 0.717) is 5.56 Å². The van der Waals surface area contributed by atoms with E-state index in [2.05, 4.69) is 0 Å². The third-order valence-electron chi connectivity index (χ3n) is 2.34. The Balaban J connectivity index is 3.20. The molecule has 1 aromatic rings. The molecule has 1 nitrogen and oxygen atoms in total. The normalized spacial score (nSPS) is 13.4. The van der Waals surface area contributed by atoms with Crippen molar-refractivity contribution >= 4 is 0 Å². The molecule has 14 heavy (non-hydrogen) atoms. The fourth-order valence-electron chi connectivity index (χ4n) is 1.84. The summed E-state index contributed by atoms with van der Waals surface area (Å²) in [5.74, 6) is 0. The number of alkyl halides is 2. The summed E-state index contributed by atoms with van der Waals surface area (Å²) >= 11 is 0. The van der Waals surface area contributed by atoms with Crippen LogP contribution in [0.2, 0.25) is 0 Å². The highest BCUT2D eigenvalue weighted by atomic mass is 19.3. The predicted octanol–water partition coefficient (Wildman–Crippen LogP) is 2.88. The van der Waals surface area contributed by atoms with Crippen molar-refractivity contribution in [3.8, 4) is 0 Å². The molecule has 0 bridgehead atoms. The lowest BCUT2D eigenvalue weighted by molar-refractivity contribution is 0.116. The molecule has 0 aliphatic rings. The van der Waals surface area contributed by atoms with Crippen LogP contribution in [-0.2, 0) is 0 Å². The van der Waals surface area contributed by atoms with Crippen LogP contribution in [0.15, 0.2) is 12.1 Å². The number of nitrogens with two attached hydrogens (primary N) is 1. The van der Waals surface area contributed by atoms with E-state index in [1.165, 1.54) is 0 Å². The van der Waals surface area contributed by atoms with Crippen LogP contribution >= 0.6 is 0 Å². The first kappa shape index (κ1) is 11.1. The van der Waals surface area contributed by atoms with Crippen LogP contribution in [0, 0.1) is 20.8 Å². The quantitative estimate of drug-likeness (QED) is 0.778. The molecule has 0 amide bonds. The van der Waals surface area contributed by atoms with Gasteiger partial charge in [0.1, 0.15) is 0 Å². The Morgan fingerprint density at radius 2 is 1.50 bits per heavy atom. The van der Waals surface area contributed by atoms with Gasteiger partial charge in [-0.15, -0.1) is 0 Å². The number of hydrogen-bond acceptors (Lipinski definition) is 1. The van der Waals surface area contributed by atoms with Crippen molar-refractivity contribution in [3.05, 3.63) is 34.4 Å². The maximum atomic E-state index is 12.4. The largest absolute Gasteiger partial charge is 0.319 e. The lowest BCUT2D eigenvalue weighted by Gasteiger charge is -2.17. The molecular formula is C11H15F2N. The van der Waals surface area contributed by atoms with Crippen molar-refractivity contribution in [3.63, 3.8) is 0 Å². The molecule has 1 atom stereocenters. The van der Waals surface area contributed by atoms with E-state index in [-0.39, 0.29) is 0 Å². The van der Waals surface area contributed by atoms with Gasteiger partial charge in [-0.2, -0.15) is 0 Å². The SMILES string of the molecule is Cc1cc(C)c([C@@H](N)C(F)F)c(C)c1. The maximum absolute atomic E-state index is 12.4. The highest BCUT2D eigenvalue weighted by molar-refractivity contribution is 5.39. The van der Waals surface area contributed by atoms with E-state index in [1.807, 2.05) is 32.9 Å². The first-order valence-electron chi connectivity index (χ1n) is 4.55. The van der Waals surface area contributed by atoms with Crippen LogP contribution in [0.5, 0.6) is 0 Å².